The zero-order valence-electron chi connectivity index (χ0n) is 54.9. The third-order valence-electron chi connectivity index (χ3n) is 17.2. The molecule has 0 saturated carbocycles. The minimum atomic E-state index is -1.57. The molecule has 0 bridgehead atoms. The summed E-state index contributed by atoms with van der Waals surface area (Å²) in [6.07, 6.45) is 70.2. The van der Waals surface area contributed by atoms with Crippen LogP contribution in [0.3, 0.4) is 0 Å². The highest BCUT2D eigenvalue weighted by molar-refractivity contribution is 5.76. The molecule has 0 aromatic carbocycles. The van der Waals surface area contributed by atoms with Gasteiger partial charge in [-0.15, -0.1) is 0 Å². The van der Waals surface area contributed by atoms with Gasteiger partial charge in [-0.3, -0.25) is 9.59 Å². The second-order valence-electron chi connectivity index (χ2n) is 25.3. The number of aliphatic hydroxyl groups excluding tert-OH is 5. The summed E-state index contributed by atoms with van der Waals surface area (Å²) >= 11 is 0. The highest BCUT2D eigenvalue weighted by Gasteiger charge is 2.44. The van der Waals surface area contributed by atoms with Gasteiger partial charge in [0.1, 0.15) is 24.4 Å². The molecule has 0 spiro atoms. The lowest BCUT2D eigenvalue weighted by atomic mass is 9.99. The van der Waals surface area contributed by atoms with Crippen molar-refractivity contribution in [3.8, 4) is 0 Å². The first-order valence-corrected chi connectivity index (χ1v) is 36.3. The monoisotopic (exact) mass is 1190 g/mol. The predicted molar refractivity (Wildman–Crippen MR) is 352 cm³/mol. The zero-order chi connectivity index (χ0) is 60.9. The van der Waals surface area contributed by atoms with Crippen LogP contribution in [0.4, 0.5) is 0 Å². The van der Waals surface area contributed by atoms with E-state index in [9.17, 15) is 35.1 Å². The molecule has 0 aliphatic carbocycles. The van der Waals surface area contributed by atoms with Crippen LogP contribution >= 0.6 is 0 Å². The van der Waals surface area contributed by atoms with E-state index in [1.54, 1.807) is 6.08 Å². The van der Waals surface area contributed by atoms with Gasteiger partial charge in [-0.25, -0.2) is 0 Å². The average molecular weight is 1190 g/mol. The largest absolute Gasteiger partial charge is 0.466 e. The van der Waals surface area contributed by atoms with Crippen LogP contribution < -0.4 is 5.32 Å². The van der Waals surface area contributed by atoms with Crippen LogP contribution in [0.15, 0.2) is 36.5 Å². The summed E-state index contributed by atoms with van der Waals surface area (Å²) < 4.78 is 16.7. The molecule has 1 amide bonds. The lowest BCUT2D eigenvalue weighted by molar-refractivity contribution is -0.302. The number of esters is 1. The highest BCUT2D eigenvalue weighted by atomic mass is 16.7. The van der Waals surface area contributed by atoms with E-state index >= 15 is 0 Å². The molecular weight excluding hydrogens is 1050 g/mol. The maximum absolute atomic E-state index is 13.0. The molecule has 494 valence electrons. The quantitative estimate of drug-likeness (QED) is 0.0195. The second-order valence-corrected chi connectivity index (χ2v) is 25.3. The van der Waals surface area contributed by atoms with E-state index in [2.05, 4.69) is 43.5 Å². The van der Waals surface area contributed by atoms with Gasteiger partial charge in [0.05, 0.1) is 32.0 Å². The Morgan fingerprint density at radius 2 is 0.798 bits per heavy atom. The summed E-state index contributed by atoms with van der Waals surface area (Å²) in [5.74, 6) is -0.174. The molecule has 1 fully saturated rings. The number of amides is 1. The number of hydrogen-bond acceptors (Lipinski definition) is 10. The standard InChI is InChI=1S/C73H137NO10/c1-3-5-7-9-11-13-14-15-16-31-35-38-41-45-49-53-57-61-69(78)82-62-58-54-50-46-42-39-36-33-30-28-26-24-22-20-18-17-19-21-23-25-27-29-32-34-37-40-44-48-52-56-60-68(77)74-65(66(76)59-55-51-47-43-12-10-8-6-4-2)64-83-73-72(81)71(80)70(79)67(63-75)84-73/h11,13,15-16,55,59,65-67,70-73,75-76,79-81H,3-10,12,14,17-54,56-58,60-64H2,1-2H3,(H,74,77)/b13-11-,16-15-,59-55+. The maximum atomic E-state index is 13.0. The van der Waals surface area contributed by atoms with Gasteiger partial charge in [-0.2, -0.15) is 0 Å². The first-order chi connectivity index (χ1) is 41.2. The topological polar surface area (TPSA) is 175 Å². The molecule has 1 heterocycles. The first-order valence-electron chi connectivity index (χ1n) is 36.3. The van der Waals surface area contributed by atoms with Gasteiger partial charge < -0.3 is 45.1 Å². The molecule has 11 nitrogen and oxygen atoms in total. The molecule has 7 unspecified atom stereocenters. The molecule has 6 N–H and O–H groups in total. The Morgan fingerprint density at radius 3 is 1.23 bits per heavy atom. The molecule has 84 heavy (non-hydrogen) atoms. The molecular formula is C73H137NO10. The Hall–Kier alpha value is -2.12. The fourth-order valence-corrected chi connectivity index (χ4v) is 11.5. The average Bonchev–Trinajstić information content (AvgIpc) is 3.64. The minimum Gasteiger partial charge on any atom is -0.466 e. The van der Waals surface area contributed by atoms with Crippen molar-refractivity contribution in [2.24, 2.45) is 0 Å². The first kappa shape index (κ1) is 79.9. The van der Waals surface area contributed by atoms with Crippen LogP contribution in [0.2, 0.25) is 0 Å². The van der Waals surface area contributed by atoms with E-state index in [0.717, 1.165) is 64.2 Å². The molecule has 1 aliphatic heterocycles. The van der Waals surface area contributed by atoms with E-state index in [4.69, 9.17) is 14.2 Å². The second kappa shape index (κ2) is 62.5. The van der Waals surface area contributed by atoms with Crippen molar-refractivity contribution in [1.82, 2.24) is 5.32 Å². The summed E-state index contributed by atoms with van der Waals surface area (Å²) in [6, 6.07) is -0.805. The van der Waals surface area contributed by atoms with Gasteiger partial charge in [0, 0.05) is 12.8 Å². The summed E-state index contributed by atoms with van der Waals surface area (Å²) in [7, 11) is 0. The highest BCUT2D eigenvalue weighted by Crippen LogP contribution is 2.23. The lowest BCUT2D eigenvalue weighted by Gasteiger charge is -2.40. The van der Waals surface area contributed by atoms with Crippen molar-refractivity contribution in [2.45, 2.75) is 397 Å². The van der Waals surface area contributed by atoms with E-state index < -0.39 is 49.5 Å². The van der Waals surface area contributed by atoms with Crippen molar-refractivity contribution in [2.75, 3.05) is 19.8 Å². The van der Waals surface area contributed by atoms with Crippen molar-refractivity contribution >= 4 is 11.9 Å². The Kier molecular flexibility index (Phi) is 59.4. The molecule has 0 radical (unpaired) electrons. The van der Waals surface area contributed by atoms with Gasteiger partial charge in [0.2, 0.25) is 5.91 Å². The van der Waals surface area contributed by atoms with Crippen molar-refractivity contribution in [3.05, 3.63) is 36.5 Å². The van der Waals surface area contributed by atoms with Crippen LogP contribution in [-0.4, -0.2) is 100 Å². The van der Waals surface area contributed by atoms with Crippen molar-refractivity contribution in [1.29, 1.82) is 0 Å². The fraction of sp³-hybridized carbons (Fsp3) is 0.890. The van der Waals surface area contributed by atoms with Crippen molar-refractivity contribution < 1.29 is 49.3 Å². The number of carbonyl (C=O) groups excluding carboxylic acids is 2. The minimum absolute atomic E-state index is 0.00430. The number of hydrogen-bond donors (Lipinski definition) is 6. The zero-order valence-corrected chi connectivity index (χ0v) is 54.9. The number of nitrogens with one attached hydrogen (secondary N) is 1. The van der Waals surface area contributed by atoms with Gasteiger partial charge in [-0.1, -0.05) is 314 Å². The number of ether oxygens (including phenoxy) is 3. The summed E-state index contributed by atoms with van der Waals surface area (Å²) in [4.78, 5) is 25.1. The molecule has 11 heteroatoms. The normalized spacial score (nSPS) is 18.2. The van der Waals surface area contributed by atoms with Gasteiger partial charge in [0.25, 0.3) is 0 Å². The van der Waals surface area contributed by atoms with Crippen LogP contribution in [-0.2, 0) is 23.8 Å². The van der Waals surface area contributed by atoms with E-state index in [1.807, 2.05) is 6.08 Å². The van der Waals surface area contributed by atoms with Crippen LogP contribution in [0.5, 0.6) is 0 Å². The number of unbranched alkanes of at least 4 members (excludes halogenated alkanes) is 46. The number of allylic oxidation sites excluding steroid dienone is 5. The molecule has 0 aromatic heterocycles. The third kappa shape index (κ3) is 50.8. The number of rotatable bonds is 64. The van der Waals surface area contributed by atoms with Crippen molar-refractivity contribution in [3.63, 3.8) is 0 Å². The Bertz CT molecular complexity index is 1490. The van der Waals surface area contributed by atoms with Gasteiger partial charge in [-0.05, 0) is 64.2 Å². The van der Waals surface area contributed by atoms with Gasteiger partial charge in [0.15, 0.2) is 6.29 Å². The van der Waals surface area contributed by atoms with Crippen LogP contribution in [0.1, 0.15) is 354 Å². The van der Waals surface area contributed by atoms with E-state index in [1.165, 1.54) is 263 Å². The molecule has 1 aliphatic rings. The van der Waals surface area contributed by atoms with Crippen LogP contribution in [0, 0.1) is 0 Å². The summed E-state index contributed by atoms with van der Waals surface area (Å²) in [5, 5.41) is 54.3. The molecule has 0 aromatic rings. The smallest absolute Gasteiger partial charge is 0.305 e. The SMILES string of the molecule is CCCCC/C=C\C/C=C\CCCCCCCCCC(=O)OCCCCCCCCCCCCCCCCCCCCCCCCCCCCCCCCC(=O)NC(COC1OC(CO)C(O)C(O)C1O)C(O)/C=C/CCCCCCCCC. The third-order valence-corrected chi connectivity index (χ3v) is 17.2. The maximum Gasteiger partial charge on any atom is 0.305 e. The Balaban J connectivity index is 1.88. The molecule has 1 saturated heterocycles. The molecule has 7 atom stereocenters. The fourth-order valence-electron chi connectivity index (χ4n) is 11.5. The van der Waals surface area contributed by atoms with Gasteiger partial charge >= 0.3 is 5.97 Å². The van der Waals surface area contributed by atoms with E-state index in [0.29, 0.717) is 19.4 Å². The predicted octanol–water partition coefficient (Wildman–Crippen LogP) is 18.6. The lowest BCUT2D eigenvalue weighted by Crippen LogP contribution is -2.60. The molecule has 1 rings (SSSR count). The van der Waals surface area contributed by atoms with E-state index in [-0.39, 0.29) is 18.5 Å². The summed E-state index contributed by atoms with van der Waals surface area (Å²) in [6.45, 7) is 4.32. The Morgan fingerprint density at radius 1 is 0.440 bits per heavy atom. The number of aliphatic hydroxyl groups is 5. The summed E-state index contributed by atoms with van der Waals surface area (Å²) in [5.41, 5.74) is 0. The Labute approximate surface area is 517 Å². The van der Waals surface area contributed by atoms with Crippen LogP contribution in [0.25, 0.3) is 0 Å². The number of carbonyl (C=O) groups is 2.